The maximum atomic E-state index is 14.4. The molecular weight excluding hydrogens is 512 g/mol. The summed E-state index contributed by atoms with van der Waals surface area (Å²) in [6.45, 7) is 0. The summed E-state index contributed by atoms with van der Waals surface area (Å²) in [5.74, 6) is -60.9. The summed E-state index contributed by atoms with van der Waals surface area (Å²) in [4.78, 5) is 0. The Labute approximate surface area is 154 Å². The normalized spacial score (nSPS) is 43.7. The maximum absolute atomic E-state index is 14.4. The van der Waals surface area contributed by atoms with E-state index in [-0.39, 0.29) is 0 Å². The molecule has 31 heavy (non-hydrogen) atoms. The van der Waals surface area contributed by atoms with Crippen LogP contribution in [0.2, 0.25) is 0 Å². The largest absolute Gasteiger partial charge is 0.435 e. The van der Waals surface area contributed by atoms with E-state index in [9.17, 15) is 87.8 Å². The van der Waals surface area contributed by atoms with Crippen LogP contribution in [0.1, 0.15) is 0 Å². The fourth-order valence-corrected chi connectivity index (χ4v) is 3.31. The molecule has 0 aromatic rings. The van der Waals surface area contributed by atoms with Crippen LogP contribution in [0.5, 0.6) is 0 Å². The van der Waals surface area contributed by atoms with E-state index in [0.29, 0.717) is 0 Å². The lowest BCUT2D eigenvalue weighted by molar-refractivity contribution is -0.563. The Morgan fingerprint density at radius 1 is 0.290 bits per heavy atom. The van der Waals surface area contributed by atoms with E-state index in [4.69, 9.17) is 0 Å². The van der Waals surface area contributed by atoms with Gasteiger partial charge in [0.05, 0.1) is 0 Å². The fraction of sp³-hybridized carbons (Fsp3) is 1.00. The second-order valence-corrected chi connectivity index (χ2v) is 6.49. The van der Waals surface area contributed by atoms with Crippen molar-refractivity contribution in [2.75, 3.05) is 0 Å². The molecule has 2 saturated carbocycles. The number of rotatable bonds is 0. The zero-order valence-electron chi connectivity index (χ0n) is 13.1. The molecule has 0 amide bonds. The number of alkyl halides is 20. The molecule has 0 aliphatic heterocycles. The molecule has 2 aliphatic carbocycles. The van der Waals surface area contributed by atoms with Gasteiger partial charge in [-0.3, -0.25) is 0 Å². The molecular formula is C11F20. The van der Waals surface area contributed by atoms with Gasteiger partial charge in [0.15, 0.2) is 0 Å². The molecule has 0 aromatic carbocycles. The van der Waals surface area contributed by atoms with Crippen LogP contribution in [0, 0.1) is 0 Å². The highest BCUT2D eigenvalue weighted by Crippen LogP contribution is 2.82. The zero-order chi connectivity index (χ0) is 25.5. The first-order chi connectivity index (χ1) is 13.0. The van der Waals surface area contributed by atoms with Gasteiger partial charge in [-0.2, -0.15) is 74.6 Å². The molecule has 0 unspecified atom stereocenters. The molecule has 0 nitrogen and oxygen atoms in total. The topological polar surface area (TPSA) is 0 Å². The van der Waals surface area contributed by atoms with Crippen LogP contribution in [0.15, 0.2) is 0 Å². The first-order valence-electron chi connectivity index (χ1n) is 6.78. The number of hydrogen-bond acceptors (Lipinski definition) is 0. The third kappa shape index (κ3) is 1.78. The Balaban J connectivity index is 3.31. The van der Waals surface area contributed by atoms with Crippen molar-refractivity contribution >= 4 is 0 Å². The predicted octanol–water partition coefficient (Wildman–Crippen LogP) is 6.15. The van der Waals surface area contributed by atoms with Crippen molar-refractivity contribution in [2.24, 2.45) is 0 Å². The first kappa shape index (κ1) is 25.9. The van der Waals surface area contributed by atoms with Gasteiger partial charge in [-0.15, -0.1) is 0 Å². The Morgan fingerprint density at radius 2 is 0.516 bits per heavy atom. The molecule has 0 heterocycles. The average Bonchev–Trinajstić information content (AvgIpc) is 2.54. The van der Waals surface area contributed by atoms with Crippen LogP contribution < -0.4 is 0 Å². The SMILES string of the molecule is FC1(F)C(F)(F)C(F)(F)[C@]2(F)C(F)(F)[C@](F)(C(F)(F)F)C(F)(F)C(F)(F)[C@@]2(F)C1(F)F. The number of hydrogen-bond donors (Lipinski definition) is 0. The summed E-state index contributed by atoms with van der Waals surface area (Å²) in [5, 5.41) is 0. The monoisotopic (exact) mass is 512 g/mol. The van der Waals surface area contributed by atoms with Gasteiger partial charge < -0.3 is 0 Å². The van der Waals surface area contributed by atoms with Crippen LogP contribution in [-0.4, -0.2) is 64.6 Å². The highest BCUT2D eigenvalue weighted by Gasteiger charge is 3.16. The van der Waals surface area contributed by atoms with Crippen molar-refractivity contribution in [3.8, 4) is 0 Å². The molecule has 0 saturated heterocycles. The molecule has 0 bridgehead atoms. The van der Waals surface area contributed by atoms with Crippen LogP contribution in [0.4, 0.5) is 87.8 Å². The number of fused-ring (bicyclic) bond motifs is 1. The van der Waals surface area contributed by atoms with Gasteiger partial charge in [-0.05, 0) is 0 Å². The van der Waals surface area contributed by atoms with E-state index < -0.39 is 64.6 Å². The molecule has 0 radical (unpaired) electrons. The van der Waals surface area contributed by atoms with Gasteiger partial charge in [0, 0.05) is 0 Å². The van der Waals surface area contributed by atoms with Gasteiger partial charge in [-0.25, -0.2) is 13.2 Å². The smallest absolute Gasteiger partial charge is 0.226 e. The lowest BCUT2D eigenvalue weighted by atomic mass is 9.52. The minimum atomic E-state index is -9.03. The second kappa shape index (κ2) is 5.22. The first-order valence-corrected chi connectivity index (χ1v) is 6.78. The Bertz CT molecular complexity index is 789. The standard InChI is InChI=1S/C11F20/c12-1-2(13,7(21,22)10(27,28)9(25,26)6(1,19)20)5(17,18)8(23,24)3(14,4(1,15)16)11(29,30)31/t1-,2-,3-/m1/s1. The van der Waals surface area contributed by atoms with E-state index >= 15 is 0 Å². The van der Waals surface area contributed by atoms with Gasteiger partial charge in [0.2, 0.25) is 0 Å². The van der Waals surface area contributed by atoms with Crippen LogP contribution in [-0.2, 0) is 0 Å². The summed E-state index contributed by atoms with van der Waals surface area (Å²) in [6, 6.07) is 0. The molecule has 0 aromatic heterocycles. The Kier molecular flexibility index (Phi) is 4.35. The molecule has 3 atom stereocenters. The zero-order valence-corrected chi connectivity index (χ0v) is 13.1. The summed E-state index contributed by atoms with van der Waals surface area (Å²) in [7, 11) is 0. The minimum absolute atomic E-state index is 8.38. The molecule has 2 rings (SSSR count). The van der Waals surface area contributed by atoms with E-state index in [1.54, 1.807) is 0 Å². The van der Waals surface area contributed by atoms with E-state index in [1.165, 1.54) is 0 Å². The summed E-state index contributed by atoms with van der Waals surface area (Å²) in [6.07, 6.45) is -8.38. The maximum Gasteiger partial charge on any atom is 0.435 e. The average molecular weight is 512 g/mol. The van der Waals surface area contributed by atoms with Gasteiger partial charge in [0.1, 0.15) is 0 Å². The highest BCUT2D eigenvalue weighted by molar-refractivity contribution is 5.44. The third-order valence-corrected chi connectivity index (χ3v) is 5.04. The molecule has 0 spiro atoms. The Hall–Kier alpha value is -1.40. The van der Waals surface area contributed by atoms with Gasteiger partial charge in [0.25, 0.3) is 11.3 Å². The summed E-state index contributed by atoms with van der Waals surface area (Å²) < 4.78 is 270. The van der Waals surface area contributed by atoms with Gasteiger partial charge in [-0.1, -0.05) is 0 Å². The van der Waals surface area contributed by atoms with E-state index in [0.717, 1.165) is 0 Å². The molecule has 0 N–H and O–H groups in total. The third-order valence-electron chi connectivity index (χ3n) is 5.04. The molecule has 20 heteroatoms. The van der Waals surface area contributed by atoms with E-state index in [2.05, 4.69) is 0 Å². The van der Waals surface area contributed by atoms with Crippen molar-refractivity contribution in [3.05, 3.63) is 0 Å². The van der Waals surface area contributed by atoms with E-state index in [1.807, 2.05) is 0 Å². The summed E-state index contributed by atoms with van der Waals surface area (Å²) >= 11 is 0. The van der Waals surface area contributed by atoms with Crippen molar-refractivity contribution in [3.63, 3.8) is 0 Å². The molecule has 184 valence electrons. The lowest BCUT2D eigenvalue weighted by Crippen LogP contribution is -3.00. The van der Waals surface area contributed by atoms with Crippen LogP contribution in [0.3, 0.4) is 0 Å². The predicted molar refractivity (Wildman–Crippen MR) is 52.2 cm³/mol. The van der Waals surface area contributed by atoms with Crippen molar-refractivity contribution in [2.45, 2.75) is 64.6 Å². The quantitative estimate of drug-likeness (QED) is 0.342. The van der Waals surface area contributed by atoms with Crippen LogP contribution in [0.25, 0.3) is 0 Å². The molecule has 2 aliphatic rings. The molecule has 2 fully saturated rings. The second-order valence-electron chi connectivity index (χ2n) is 6.49. The van der Waals surface area contributed by atoms with Crippen molar-refractivity contribution in [1.82, 2.24) is 0 Å². The van der Waals surface area contributed by atoms with Crippen molar-refractivity contribution in [1.29, 1.82) is 0 Å². The summed E-state index contributed by atoms with van der Waals surface area (Å²) in [5.41, 5.74) is -26.8. The fourth-order valence-electron chi connectivity index (χ4n) is 3.31. The highest BCUT2D eigenvalue weighted by atomic mass is 19.4. The number of halogens is 20. The van der Waals surface area contributed by atoms with Gasteiger partial charge >= 0.3 is 53.3 Å². The van der Waals surface area contributed by atoms with Crippen LogP contribution >= 0.6 is 0 Å². The Morgan fingerprint density at radius 3 is 0.774 bits per heavy atom. The van der Waals surface area contributed by atoms with Crippen molar-refractivity contribution < 1.29 is 87.8 Å². The lowest BCUT2D eigenvalue weighted by Gasteiger charge is -2.64. The minimum Gasteiger partial charge on any atom is -0.226 e.